The number of rotatable bonds is 6. The van der Waals surface area contributed by atoms with Crippen LogP contribution in [0.25, 0.3) is 44.2 Å². The van der Waals surface area contributed by atoms with Crippen LogP contribution in [0.2, 0.25) is 0 Å². The van der Waals surface area contributed by atoms with Crippen molar-refractivity contribution in [3.8, 4) is 11.4 Å². The van der Waals surface area contributed by atoms with E-state index in [1.807, 2.05) is 12.1 Å². The highest BCUT2D eigenvalue weighted by Crippen LogP contribution is 2.34. The van der Waals surface area contributed by atoms with Crippen LogP contribution in [-0.2, 0) is 22.6 Å². The molecule has 34 heavy (non-hydrogen) atoms. The molecule has 0 bridgehead atoms. The highest BCUT2D eigenvalue weighted by atomic mass is 16.5. The van der Waals surface area contributed by atoms with Gasteiger partial charge in [0.05, 0.1) is 29.8 Å². The molecule has 7 nitrogen and oxygen atoms in total. The Hall–Kier alpha value is -3.97. The van der Waals surface area contributed by atoms with E-state index in [-0.39, 0.29) is 5.91 Å². The van der Waals surface area contributed by atoms with E-state index in [0.29, 0.717) is 19.6 Å². The van der Waals surface area contributed by atoms with Crippen molar-refractivity contribution >= 4 is 44.5 Å². The number of aryl methyl sites for hydroxylation is 1. The largest absolute Gasteiger partial charge is 0.383 e. The van der Waals surface area contributed by atoms with E-state index in [2.05, 4.69) is 75.1 Å². The van der Waals surface area contributed by atoms with E-state index >= 15 is 0 Å². The van der Waals surface area contributed by atoms with Crippen LogP contribution in [0.15, 0.2) is 65.8 Å². The van der Waals surface area contributed by atoms with E-state index in [1.165, 1.54) is 21.8 Å². The summed E-state index contributed by atoms with van der Waals surface area (Å²) in [6, 6.07) is 21.2. The molecule has 0 spiro atoms. The number of hydrogen-bond donors (Lipinski definition) is 1. The lowest BCUT2D eigenvalue weighted by Crippen LogP contribution is -2.09. The van der Waals surface area contributed by atoms with Gasteiger partial charge in [-0.05, 0) is 43.3 Å². The molecule has 170 valence electrons. The van der Waals surface area contributed by atoms with Crippen LogP contribution >= 0.6 is 0 Å². The smallest absolute Gasteiger partial charge is 0.246 e. The third-order valence-corrected chi connectivity index (χ3v) is 6.59. The lowest BCUT2D eigenvalue weighted by atomic mass is 10.1. The van der Waals surface area contributed by atoms with Crippen molar-refractivity contribution < 1.29 is 9.53 Å². The normalized spacial score (nSPS) is 13.8. The summed E-state index contributed by atoms with van der Waals surface area (Å²) in [6.45, 7) is 4.37. The molecule has 3 aromatic carbocycles. The van der Waals surface area contributed by atoms with Gasteiger partial charge in [-0.15, -0.1) is 0 Å². The van der Waals surface area contributed by atoms with Crippen LogP contribution in [0.5, 0.6) is 0 Å². The number of nitrogens with zero attached hydrogens (tertiary/aromatic N) is 4. The number of carbonyl (C=O) groups excluding carboxylic acids is 1. The quantitative estimate of drug-likeness (QED) is 0.407. The number of amides is 1. The third kappa shape index (κ3) is 3.20. The predicted octanol–water partition coefficient (Wildman–Crippen LogP) is 4.70. The topological polar surface area (TPSA) is 73.4 Å². The zero-order valence-corrected chi connectivity index (χ0v) is 19.2. The highest BCUT2D eigenvalue weighted by molar-refractivity contribution is 6.14. The van der Waals surface area contributed by atoms with Gasteiger partial charge < -0.3 is 13.9 Å². The molecule has 1 aliphatic heterocycles. The number of aromatic nitrogens is 3. The summed E-state index contributed by atoms with van der Waals surface area (Å²) in [4.78, 5) is 16.7. The minimum atomic E-state index is -0.0824. The van der Waals surface area contributed by atoms with Gasteiger partial charge in [0, 0.05) is 53.1 Å². The molecule has 6 rings (SSSR count). The molecular formula is C27H25N5O2. The number of para-hydroxylation sites is 1. The Kier molecular flexibility index (Phi) is 4.92. The summed E-state index contributed by atoms with van der Waals surface area (Å²) in [7, 11) is 1.71. The van der Waals surface area contributed by atoms with Crippen molar-refractivity contribution in [1.82, 2.24) is 19.5 Å². The molecule has 0 saturated heterocycles. The molecule has 0 radical (unpaired) electrons. The molecule has 1 amide bonds. The first kappa shape index (κ1) is 20.6. The number of methoxy groups -OCH3 is 1. The Morgan fingerprint density at radius 2 is 1.74 bits per heavy atom. The summed E-state index contributed by atoms with van der Waals surface area (Å²) >= 11 is 0. The van der Waals surface area contributed by atoms with Gasteiger partial charge in [0.2, 0.25) is 5.91 Å². The molecule has 0 fully saturated rings. The van der Waals surface area contributed by atoms with Crippen molar-refractivity contribution in [1.29, 1.82) is 0 Å². The van der Waals surface area contributed by atoms with Crippen molar-refractivity contribution in [2.24, 2.45) is 5.10 Å². The fraction of sp³-hybridized carbons (Fsp3) is 0.222. The highest BCUT2D eigenvalue weighted by Gasteiger charge is 2.19. The standard InChI is InChI=1S/C27H25N5O2/c1-3-31-23-7-5-4-6-19(23)20-14-18(9-10-24(20)31)27-28-22-15-17(21-16-26(33)30-29-21)8-11-25(22)32(27)12-13-34-2/h4-11,14-15H,3,12-13,16H2,1-2H3,(H,30,33). The number of fused-ring (bicyclic) bond motifs is 4. The Balaban J connectivity index is 1.53. The van der Waals surface area contributed by atoms with Gasteiger partial charge >= 0.3 is 0 Å². The molecule has 0 atom stereocenters. The maximum absolute atomic E-state index is 11.6. The fourth-order valence-corrected chi connectivity index (χ4v) is 5.00. The third-order valence-electron chi connectivity index (χ3n) is 6.59. The minimum Gasteiger partial charge on any atom is -0.383 e. The maximum Gasteiger partial charge on any atom is 0.246 e. The Bertz CT molecular complexity index is 1610. The van der Waals surface area contributed by atoms with E-state index in [9.17, 15) is 4.79 Å². The summed E-state index contributed by atoms with van der Waals surface area (Å²) < 4.78 is 9.97. The average Bonchev–Trinajstić information content (AvgIpc) is 3.55. The molecule has 1 aliphatic rings. The molecule has 2 aromatic heterocycles. The second kappa shape index (κ2) is 8.11. The van der Waals surface area contributed by atoms with Gasteiger partial charge in [-0.25, -0.2) is 10.4 Å². The second-order valence-electron chi connectivity index (χ2n) is 8.55. The van der Waals surface area contributed by atoms with E-state index in [4.69, 9.17) is 9.72 Å². The van der Waals surface area contributed by atoms with Crippen LogP contribution in [0, 0.1) is 0 Å². The second-order valence-corrected chi connectivity index (χ2v) is 8.55. The molecule has 7 heteroatoms. The lowest BCUT2D eigenvalue weighted by Gasteiger charge is -2.10. The summed E-state index contributed by atoms with van der Waals surface area (Å²) in [6.07, 6.45) is 0.293. The number of imidazole rings is 1. The first-order valence-corrected chi connectivity index (χ1v) is 11.5. The van der Waals surface area contributed by atoms with Gasteiger partial charge in [0.25, 0.3) is 0 Å². The molecule has 0 saturated carbocycles. The summed E-state index contributed by atoms with van der Waals surface area (Å²) in [5.74, 6) is 0.822. The fourth-order valence-electron chi connectivity index (χ4n) is 5.00. The first-order valence-electron chi connectivity index (χ1n) is 11.5. The zero-order valence-electron chi connectivity index (χ0n) is 19.2. The maximum atomic E-state index is 11.6. The van der Waals surface area contributed by atoms with Crippen molar-refractivity contribution in [2.75, 3.05) is 13.7 Å². The van der Waals surface area contributed by atoms with Gasteiger partial charge in [-0.2, -0.15) is 5.10 Å². The summed E-state index contributed by atoms with van der Waals surface area (Å²) in [5.41, 5.74) is 9.63. The number of hydrogen-bond acceptors (Lipinski definition) is 4. The number of hydrazone groups is 1. The molecule has 3 heterocycles. The van der Waals surface area contributed by atoms with Gasteiger partial charge in [0.15, 0.2) is 0 Å². The number of ether oxygens (including phenoxy) is 1. The van der Waals surface area contributed by atoms with Crippen molar-refractivity contribution in [3.05, 3.63) is 66.2 Å². The van der Waals surface area contributed by atoms with E-state index < -0.39 is 0 Å². The first-order chi connectivity index (χ1) is 16.7. The molecule has 0 aliphatic carbocycles. The average molecular weight is 452 g/mol. The molecule has 0 unspecified atom stereocenters. The molecule has 5 aromatic rings. The van der Waals surface area contributed by atoms with E-state index in [0.717, 1.165) is 40.2 Å². The number of carbonyl (C=O) groups is 1. The van der Waals surface area contributed by atoms with Crippen LogP contribution in [-0.4, -0.2) is 39.5 Å². The van der Waals surface area contributed by atoms with Crippen LogP contribution in [0.3, 0.4) is 0 Å². The predicted molar refractivity (Wildman–Crippen MR) is 135 cm³/mol. The van der Waals surface area contributed by atoms with Gasteiger partial charge in [0.1, 0.15) is 5.82 Å². The number of nitrogens with one attached hydrogen (secondary N) is 1. The number of benzene rings is 3. The Morgan fingerprint density at radius 1 is 0.941 bits per heavy atom. The SMILES string of the molecule is CCn1c2ccccc2c2cc(-c3nc4cc(C5=NNC(=O)C5)ccc4n3CCOC)ccc21. The molecular weight excluding hydrogens is 426 g/mol. The van der Waals surface area contributed by atoms with Crippen LogP contribution in [0.4, 0.5) is 0 Å². The zero-order chi connectivity index (χ0) is 23.2. The van der Waals surface area contributed by atoms with Crippen LogP contribution < -0.4 is 5.43 Å². The van der Waals surface area contributed by atoms with Crippen molar-refractivity contribution in [3.63, 3.8) is 0 Å². The lowest BCUT2D eigenvalue weighted by molar-refractivity contribution is -0.119. The van der Waals surface area contributed by atoms with Crippen molar-refractivity contribution in [2.45, 2.75) is 26.4 Å². The van der Waals surface area contributed by atoms with Gasteiger partial charge in [-0.1, -0.05) is 24.3 Å². The van der Waals surface area contributed by atoms with Gasteiger partial charge in [-0.3, -0.25) is 4.79 Å². The minimum absolute atomic E-state index is 0.0824. The summed E-state index contributed by atoms with van der Waals surface area (Å²) in [5, 5.41) is 6.64. The Labute approximate surface area is 196 Å². The Morgan fingerprint density at radius 3 is 2.53 bits per heavy atom. The van der Waals surface area contributed by atoms with E-state index in [1.54, 1.807) is 7.11 Å². The monoisotopic (exact) mass is 451 g/mol. The van der Waals surface area contributed by atoms with Crippen LogP contribution in [0.1, 0.15) is 18.9 Å². The molecule has 1 N–H and O–H groups in total.